The molecule has 1 aliphatic heterocycles. The Morgan fingerprint density at radius 3 is 2.75 bits per heavy atom. The molecule has 0 aromatic heterocycles. The minimum Gasteiger partial charge on any atom is -0.376 e. The maximum Gasteiger partial charge on any atom is 0.167 e. The van der Waals surface area contributed by atoms with E-state index in [0.29, 0.717) is 31.5 Å². The van der Waals surface area contributed by atoms with Gasteiger partial charge in [0.25, 0.3) is 0 Å². The van der Waals surface area contributed by atoms with Crippen molar-refractivity contribution in [1.29, 1.82) is 0 Å². The third-order valence-corrected chi connectivity index (χ3v) is 3.93. The molecule has 3 nitrogen and oxygen atoms in total. The standard InChI is InChI=1S/C13H22O3/c1-2-10-5-3-4-6-11(10)13(14)12-9-15-7-8-16-12/h10-12H,2-9H2,1H3. The summed E-state index contributed by atoms with van der Waals surface area (Å²) in [6, 6.07) is 0. The zero-order valence-corrected chi connectivity index (χ0v) is 10.1. The van der Waals surface area contributed by atoms with Gasteiger partial charge in [0, 0.05) is 5.92 Å². The maximum atomic E-state index is 12.3. The van der Waals surface area contributed by atoms with Crippen molar-refractivity contribution in [3.63, 3.8) is 0 Å². The highest BCUT2D eigenvalue weighted by Gasteiger charge is 2.35. The lowest BCUT2D eigenvalue weighted by Crippen LogP contribution is -2.41. The predicted octanol–water partition coefficient (Wildman–Crippen LogP) is 2.19. The average Bonchev–Trinajstić information content (AvgIpc) is 2.39. The molecule has 16 heavy (non-hydrogen) atoms. The summed E-state index contributed by atoms with van der Waals surface area (Å²) in [7, 11) is 0. The van der Waals surface area contributed by atoms with E-state index in [1.807, 2.05) is 0 Å². The van der Waals surface area contributed by atoms with E-state index < -0.39 is 0 Å². The van der Waals surface area contributed by atoms with Crippen LogP contribution < -0.4 is 0 Å². The minimum absolute atomic E-state index is 0.227. The van der Waals surface area contributed by atoms with Crippen LogP contribution in [0.15, 0.2) is 0 Å². The number of rotatable bonds is 3. The topological polar surface area (TPSA) is 35.5 Å². The molecule has 1 saturated carbocycles. The van der Waals surface area contributed by atoms with Crippen molar-refractivity contribution in [2.24, 2.45) is 11.8 Å². The smallest absolute Gasteiger partial charge is 0.167 e. The van der Waals surface area contributed by atoms with E-state index in [0.717, 1.165) is 12.8 Å². The van der Waals surface area contributed by atoms with Crippen molar-refractivity contribution in [3.05, 3.63) is 0 Å². The Morgan fingerprint density at radius 1 is 1.25 bits per heavy atom. The molecule has 0 aromatic rings. The lowest BCUT2D eigenvalue weighted by Gasteiger charge is -2.33. The van der Waals surface area contributed by atoms with E-state index in [4.69, 9.17) is 9.47 Å². The van der Waals surface area contributed by atoms with Gasteiger partial charge >= 0.3 is 0 Å². The maximum absolute atomic E-state index is 12.3. The van der Waals surface area contributed by atoms with Crippen LogP contribution in [0.5, 0.6) is 0 Å². The number of ketones is 1. The first-order chi connectivity index (χ1) is 7.83. The first kappa shape index (κ1) is 12.1. The fourth-order valence-electron chi connectivity index (χ4n) is 2.96. The molecule has 1 heterocycles. The molecule has 2 rings (SSSR count). The van der Waals surface area contributed by atoms with Gasteiger partial charge in [-0.15, -0.1) is 0 Å². The van der Waals surface area contributed by atoms with E-state index in [-0.39, 0.29) is 12.0 Å². The van der Waals surface area contributed by atoms with Crippen LogP contribution in [-0.4, -0.2) is 31.7 Å². The van der Waals surface area contributed by atoms with Crippen molar-refractivity contribution in [2.75, 3.05) is 19.8 Å². The first-order valence-corrected chi connectivity index (χ1v) is 6.56. The summed E-state index contributed by atoms with van der Waals surface area (Å²) in [6.07, 6.45) is 5.57. The normalized spacial score (nSPS) is 35.9. The lowest BCUT2D eigenvalue weighted by molar-refractivity contribution is -0.152. The minimum atomic E-state index is -0.286. The molecule has 0 amide bonds. The third-order valence-electron chi connectivity index (χ3n) is 3.93. The van der Waals surface area contributed by atoms with Gasteiger partial charge in [-0.25, -0.2) is 0 Å². The zero-order valence-electron chi connectivity index (χ0n) is 10.1. The van der Waals surface area contributed by atoms with Crippen molar-refractivity contribution >= 4 is 5.78 Å². The summed E-state index contributed by atoms with van der Waals surface area (Å²) in [5.41, 5.74) is 0. The van der Waals surface area contributed by atoms with Crippen LogP contribution in [0.25, 0.3) is 0 Å². The molecule has 3 atom stereocenters. The summed E-state index contributed by atoms with van der Waals surface area (Å²) < 4.78 is 10.8. The van der Waals surface area contributed by atoms with Gasteiger partial charge in [-0.05, 0) is 18.8 Å². The van der Waals surface area contributed by atoms with Crippen LogP contribution in [-0.2, 0) is 14.3 Å². The molecule has 3 heteroatoms. The number of hydrogen-bond donors (Lipinski definition) is 0. The number of hydrogen-bond acceptors (Lipinski definition) is 3. The van der Waals surface area contributed by atoms with E-state index in [1.54, 1.807) is 0 Å². The van der Waals surface area contributed by atoms with Crippen molar-refractivity contribution in [1.82, 2.24) is 0 Å². The summed E-state index contributed by atoms with van der Waals surface area (Å²) in [5, 5.41) is 0. The quantitative estimate of drug-likeness (QED) is 0.740. The summed E-state index contributed by atoms with van der Waals surface area (Å²) in [6.45, 7) is 3.85. The van der Waals surface area contributed by atoms with Gasteiger partial charge in [-0.2, -0.15) is 0 Å². The van der Waals surface area contributed by atoms with Crippen LogP contribution in [0.4, 0.5) is 0 Å². The molecule has 0 spiro atoms. The van der Waals surface area contributed by atoms with Gasteiger partial charge < -0.3 is 9.47 Å². The molecule has 3 unspecified atom stereocenters. The second-order valence-corrected chi connectivity index (χ2v) is 4.90. The highest BCUT2D eigenvalue weighted by Crippen LogP contribution is 2.34. The summed E-state index contributed by atoms with van der Waals surface area (Å²) >= 11 is 0. The van der Waals surface area contributed by atoms with Gasteiger partial charge in [0.1, 0.15) is 6.10 Å². The summed E-state index contributed by atoms with van der Waals surface area (Å²) in [4.78, 5) is 12.3. The monoisotopic (exact) mass is 226 g/mol. The Balaban J connectivity index is 1.95. The van der Waals surface area contributed by atoms with Crippen LogP contribution >= 0.6 is 0 Å². The predicted molar refractivity (Wildman–Crippen MR) is 61.3 cm³/mol. The van der Waals surface area contributed by atoms with Crippen LogP contribution in [0.1, 0.15) is 39.0 Å². The van der Waals surface area contributed by atoms with Crippen LogP contribution in [0.2, 0.25) is 0 Å². The Labute approximate surface area is 97.5 Å². The van der Waals surface area contributed by atoms with Gasteiger partial charge in [0.2, 0.25) is 0 Å². The molecule has 2 fully saturated rings. The van der Waals surface area contributed by atoms with Gasteiger partial charge in [0.05, 0.1) is 19.8 Å². The molecule has 0 radical (unpaired) electrons. The number of carbonyl (C=O) groups is 1. The molecule has 92 valence electrons. The second kappa shape index (κ2) is 5.78. The van der Waals surface area contributed by atoms with E-state index >= 15 is 0 Å². The Morgan fingerprint density at radius 2 is 2.06 bits per heavy atom. The fourth-order valence-corrected chi connectivity index (χ4v) is 2.96. The molecule has 0 bridgehead atoms. The van der Waals surface area contributed by atoms with Gasteiger partial charge in [-0.1, -0.05) is 26.2 Å². The second-order valence-electron chi connectivity index (χ2n) is 4.90. The lowest BCUT2D eigenvalue weighted by atomic mass is 9.74. The Kier molecular flexibility index (Phi) is 4.36. The van der Waals surface area contributed by atoms with E-state index in [9.17, 15) is 4.79 Å². The van der Waals surface area contributed by atoms with Gasteiger partial charge in [-0.3, -0.25) is 4.79 Å². The van der Waals surface area contributed by atoms with Gasteiger partial charge in [0.15, 0.2) is 5.78 Å². The van der Waals surface area contributed by atoms with E-state index in [1.165, 1.54) is 19.3 Å². The third kappa shape index (κ3) is 2.64. The SMILES string of the molecule is CCC1CCCCC1C(=O)C1COCCO1. The fraction of sp³-hybridized carbons (Fsp3) is 0.923. The zero-order chi connectivity index (χ0) is 11.4. The van der Waals surface area contributed by atoms with Crippen molar-refractivity contribution < 1.29 is 14.3 Å². The summed E-state index contributed by atoms with van der Waals surface area (Å²) in [5.74, 6) is 1.10. The highest BCUT2D eigenvalue weighted by molar-refractivity contribution is 5.86. The molecule has 0 N–H and O–H groups in total. The highest BCUT2D eigenvalue weighted by atomic mass is 16.6. The number of carbonyl (C=O) groups excluding carboxylic acids is 1. The first-order valence-electron chi connectivity index (χ1n) is 6.56. The molecule has 1 saturated heterocycles. The van der Waals surface area contributed by atoms with E-state index in [2.05, 4.69) is 6.92 Å². The van der Waals surface area contributed by atoms with Crippen molar-refractivity contribution in [2.45, 2.75) is 45.1 Å². The Bertz CT molecular complexity index is 233. The number of ether oxygens (including phenoxy) is 2. The van der Waals surface area contributed by atoms with Crippen LogP contribution in [0.3, 0.4) is 0 Å². The Hall–Kier alpha value is -0.410. The largest absolute Gasteiger partial charge is 0.376 e. The van der Waals surface area contributed by atoms with Crippen LogP contribution in [0, 0.1) is 11.8 Å². The molecule has 2 aliphatic rings. The molecule has 1 aliphatic carbocycles. The average molecular weight is 226 g/mol. The molecular weight excluding hydrogens is 204 g/mol. The van der Waals surface area contributed by atoms with Crippen molar-refractivity contribution in [3.8, 4) is 0 Å². The molecule has 0 aromatic carbocycles. The number of Topliss-reactive ketones (excluding diaryl/α,β-unsaturated/α-hetero) is 1. The molecular formula is C13H22O3.